The molecule has 0 aliphatic carbocycles. The number of amides is 1. The Bertz CT molecular complexity index is 349. The third-order valence-corrected chi connectivity index (χ3v) is 4.10. The zero-order valence-corrected chi connectivity index (χ0v) is 12.8. The zero-order chi connectivity index (χ0) is 14.1. The molecule has 1 rings (SSSR count). The molecule has 0 aliphatic rings. The van der Waals surface area contributed by atoms with Crippen molar-refractivity contribution in [2.45, 2.75) is 52.0 Å². The molecule has 1 aromatic heterocycles. The average Bonchev–Trinajstić information content (AvgIpc) is 2.89. The number of unbranched alkanes of at least 4 members (excludes halogenated alkanes) is 3. The number of carbonyl (C=O) groups is 1. The fraction of sp³-hybridized carbons (Fsp3) is 0.667. The highest BCUT2D eigenvalue weighted by atomic mass is 32.1. The molecule has 1 unspecified atom stereocenters. The molecule has 1 atom stereocenters. The van der Waals surface area contributed by atoms with Crippen LogP contribution in [-0.2, 0) is 4.79 Å². The highest BCUT2D eigenvalue weighted by Crippen LogP contribution is 2.16. The van der Waals surface area contributed by atoms with Gasteiger partial charge in [0.2, 0.25) is 5.91 Å². The van der Waals surface area contributed by atoms with Crippen molar-refractivity contribution in [1.29, 1.82) is 0 Å². The standard InChI is InChI=1S/C15H26N2OS/c1-12(2)8-5-3-4-6-10-17-15(18)14(16)13-9-7-11-19-13/h7,9,11-12,14H,3-6,8,10,16H2,1-2H3,(H,17,18). The molecule has 19 heavy (non-hydrogen) atoms. The van der Waals surface area contributed by atoms with Crippen LogP contribution in [0.15, 0.2) is 17.5 Å². The SMILES string of the molecule is CC(C)CCCCCCNC(=O)C(N)c1cccs1. The highest BCUT2D eigenvalue weighted by molar-refractivity contribution is 7.10. The van der Waals surface area contributed by atoms with Crippen LogP contribution in [0.1, 0.15) is 56.9 Å². The summed E-state index contributed by atoms with van der Waals surface area (Å²) >= 11 is 1.53. The molecule has 0 saturated carbocycles. The van der Waals surface area contributed by atoms with Gasteiger partial charge in [0.05, 0.1) is 0 Å². The minimum Gasteiger partial charge on any atom is -0.354 e. The van der Waals surface area contributed by atoms with Gasteiger partial charge in [-0.1, -0.05) is 45.6 Å². The largest absolute Gasteiger partial charge is 0.354 e. The number of thiophene rings is 1. The number of hydrogen-bond donors (Lipinski definition) is 2. The monoisotopic (exact) mass is 282 g/mol. The molecule has 0 aromatic carbocycles. The fourth-order valence-electron chi connectivity index (χ4n) is 1.95. The second-order valence-electron chi connectivity index (χ2n) is 5.38. The lowest BCUT2D eigenvalue weighted by Gasteiger charge is -2.10. The number of nitrogens with one attached hydrogen (secondary N) is 1. The smallest absolute Gasteiger partial charge is 0.242 e. The average molecular weight is 282 g/mol. The van der Waals surface area contributed by atoms with Crippen LogP contribution < -0.4 is 11.1 Å². The van der Waals surface area contributed by atoms with E-state index in [9.17, 15) is 4.79 Å². The van der Waals surface area contributed by atoms with Gasteiger partial charge in [-0.25, -0.2) is 0 Å². The van der Waals surface area contributed by atoms with Crippen molar-refractivity contribution in [3.8, 4) is 0 Å². The summed E-state index contributed by atoms with van der Waals surface area (Å²) in [7, 11) is 0. The minimum absolute atomic E-state index is 0.0652. The van der Waals surface area contributed by atoms with E-state index in [0.717, 1.165) is 23.8 Å². The van der Waals surface area contributed by atoms with Gasteiger partial charge >= 0.3 is 0 Å². The van der Waals surface area contributed by atoms with Crippen LogP contribution in [0.3, 0.4) is 0 Å². The number of hydrogen-bond acceptors (Lipinski definition) is 3. The molecule has 4 heteroatoms. The molecule has 0 fully saturated rings. The molecular weight excluding hydrogens is 256 g/mol. The summed E-state index contributed by atoms with van der Waals surface area (Å²) in [5, 5.41) is 4.85. The predicted molar refractivity (Wildman–Crippen MR) is 82.2 cm³/mol. The maximum absolute atomic E-state index is 11.8. The molecule has 1 amide bonds. The summed E-state index contributed by atoms with van der Waals surface area (Å²) in [5.41, 5.74) is 5.88. The molecule has 0 radical (unpaired) electrons. The van der Waals surface area contributed by atoms with Crippen molar-refractivity contribution in [2.24, 2.45) is 11.7 Å². The van der Waals surface area contributed by atoms with Crippen LogP contribution in [-0.4, -0.2) is 12.5 Å². The Morgan fingerprint density at radius 1 is 1.32 bits per heavy atom. The lowest BCUT2D eigenvalue weighted by molar-refractivity contribution is -0.122. The highest BCUT2D eigenvalue weighted by Gasteiger charge is 2.15. The van der Waals surface area contributed by atoms with Gasteiger partial charge in [0.15, 0.2) is 0 Å². The van der Waals surface area contributed by atoms with Crippen molar-refractivity contribution in [2.75, 3.05) is 6.54 Å². The van der Waals surface area contributed by atoms with Crippen molar-refractivity contribution in [1.82, 2.24) is 5.32 Å². The lowest BCUT2D eigenvalue weighted by atomic mass is 10.0. The second kappa shape index (κ2) is 9.10. The van der Waals surface area contributed by atoms with E-state index in [4.69, 9.17) is 5.73 Å². The van der Waals surface area contributed by atoms with E-state index in [1.165, 1.54) is 37.0 Å². The lowest BCUT2D eigenvalue weighted by Crippen LogP contribution is -2.34. The summed E-state index contributed by atoms with van der Waals surface area (Å²) < 4.78 is 0. The molecule has 1 aromatic rings. The van der Waals surface area contributed by atoms with Gasteiger partial charge in [-0.05, 0) is 23.8 Å². The summed E-state index contributed by atoms with van der Waals surface area (Å²) in [6.07, 6.45) is 6.07. The molecule has 1 heterocycles. The first-order chi connectivity index (χ1) is 9.11. The molecule has 3 N–H and O–H groups in total. The van der Waals surface area contributed by atoms with Crippen LogP contribution in [0.2, 0.25) is 0 Å². The molecule has 0 bridgehead atoms. The Kier molecular flexibility index (Phi) is 7.75. The Morgan fingerprint density at radius 2 is 2.05 bits per heavy atom. The third kappa shape index (κ3) is 6.73. The van der Waals surface area contributed by atoms with Crippen LogP contribution in [0.25, 0.3) is 0 Å². The predicted octanol–water partition coefficient (Wildman–Crippen LogP) is 3.47. The van der Waals surface area contributed by atoms with Crippen molar-refractivity contribution >= 4 is 17.2 Å². The van der Waals surface area contributed by atoms with E-state index in [1.807, 2.05) is 17.5 Å². The van der Waals surface area contributed by atoms with Crippen LogP contribution >= 0.6 is 11.3 Å². The van der Waals surface area contributed by atoms with Crippen molar-refractivity contribution in [3.63, 3.8) is 0 Å². The van der Waals surface area contributed by atoms with Gasteiger partial charge in [0, 0.05) is 11.4 Å². The molecule has 0 spiro atoms. The van der Waals surface area contributed by atoms with Gasteiger partial charge < -0.3 is 11.1 Å². The van der Waals surface area contributed by atoms with E-state index in [2.05, 4.69) is 19.2 Å². The molecule has 0 saturated heterocycles. The van der Waals surface area contributed by atoms with E-state index in [1.54, 1.807) is 0 Å². The van der Waals surface area contributed by atoms with E-state index in [-0.39, 0.29) is 5.91 Å². The Hall–Kier alpha value is -0.870. The van der Waals surface area contributed by atoms with Gasteiger partial charge in [-0.3, -0.25) is 4.79 Å². The number of rotatable bonds is 9. The van der Waals surface area contributed by atoms with Gasteiger partial charge in [-0.15, -0.1) is 11.3 Å². The summed E-state index contributed by atoms with van der Waals surface area (Å²) in [5.74, 6) is 0.730. The maximum Gasteiger partial charge on any atom is 0.242 e. The maximum atomic E-state index is 11.8. The van der Waals surface area contributed by atoms with Gasteiger partial charge in [-0.2, -0.15) is 0 Å². The number of nitrogens with two attached hydrogens (primary N) is 1. The summed E-state index contributed by atoms with van der Waals surface area (Å²) in [6.45, 7) is 5.25. The summed E-state index contributed by atoms with van der Waals surface area (Å²) in [4.78, 5) is 12.7. The molecule has 108 valence electrons. The second-order valence-corrected chi connectivity index (χ2v) is 6.36. The first-order valence-electron chi connectivity index (χ1n) is 7.18. The van der Waals surface area contributed by atoms with Crippen LogP contribution in [0.5, 0.6) is 0 Å². The van der Waals surface area contributed by atoms with E-state index in [0.29, 0.717) is 0 Å². The zero-order valence-electron chi connectivity index (χ0n) is 12.0. The van der Waals surface area contributed by atoms with Gasteiger partial charge in [0.25, 0.3) is 0 Å². The third-order valence-electron chi connectivity index (χ3n) is 3.14. The van der Waals surface area contributed by atoms with Crippen LogP contribution in [0, 0.1) is 5.92 Å². The topological polar surface area (TPSA) is 55.1 Å². The Labute approximate surface area is 120 Å². The first kappa shape index (κ1) is 16.2. The molecular formula is C15H26N2OS. The van der Waals surface area contributed by atoms with E-state index >= 15 is 0 Å². The van der Waals surface area contributed by atoms with E-state index < -0.39 is 6.04 Å². The number of carbonyl (C=O) groups excluding carboxylic acids is 1. The van der Waals surface area contributed by atoms with Crippen molar-refractivity contribution < 1.29 is 4.79 Å². The first-order valence-corrected chi connectivity index (χ1v) is 8.06. The van der Waals surface area contributed by atoms with Gasteiger partial charge in [0.1, 0.15) is 6.04 Å². The Morgan fingerprint density at radius 3 is 2.68 bits per heavy atom. The quantitative estimate of drug-likeness (QED) is 0.681. The van der Waals surface area contributed by atoms with Crippen molar-refractivity contribution in [3.05, 3.63) is 22.4 Å². The normalized spacial score (nSPS) is 12.6. The minimum atomic E-state index is -0.513. The Balaban J connectivity index is 2.04. The molecule has 0 aliphatic heterocycles. The van der Waals surface area contributed by atoms with Crippen LogP contribution in [0.4, 0.5) is 0 Å². The summed E-state index contributed by atoms with van der Waals surface area (Å²) in [6, 6.07) is 3.31. The molecule has 3 nitrogen and oxygen atoms in total. The fourth-order valence-corrected chi connectivity index (χ4v) is 2.68.